The summed E-state index contributed by atoms with van der Waals surface area (Å²) in [6.45, 7) is 3.85. The van der Waals surface area contributed by atoms with Crippen LogP contribution in [0.4, 0.5) is 0 Å². The van der Waals surface area contributed by atoms with Crippen LogP contribution in [0.5, 0.6) is 5.75 Å². The molecule has 3 aromatic carbocycles. The number of nitrogens with one attached hydrogen (secondary N) is 8. The summed E-state index contributed by atoms with van der Waals surface area (Å²) in [4.78, 5) is 159. The molecule has 530 valence electrons. The molecular formula is C65H93N16O13S2Tc. The van der Waals surface area contributed by atoms with Gasteiger partial charge < -0.3 is 114 Å². The number of aromatic amines is 1. The fraction of sp³-hybridized carbons (Fsp3) is 0.523. The molecule has 5 rings (SSSR count). The molecule has 0 saturated carbocycles. The van der Waals surface area contributed by atoms with Crippen LogP contribution in [0.3, 0.4) is 0 Å². The number of amides is 11. The van der Waals surface area contributed by atoms with Crippen LogP contribution in [0.15, 0.2) is 85.1 Å². The predicted octanol–water partition coefficient (Wildman–Crippen LogP) is -0.291. The van der Waals surface area contributed by atoms with Crippen LogP contribution < -0.4 is 65.9 Å². The van der Waals surface area contributed by atoms with E-state index in [4.69, 9.17) is 44.8 Å². The number of para-hydroxylation sites is 1. The van der Waals surface area contributed by atoms with Gasteiger partial charge in [-0.3, -0.25) is 43.2 Å². The number of unbranched alkanes of at least 4 members (excludes halogenated alkanes) is 3. The van der Waals surface area contributed by atoms with E-state index in [2.05, 4.69) is 52.8 Å². The number of nitrogens with two attached hydrogens (primary N) is 5. The number of hydrogen-bond donors (Lipinski definition) is 14. The third kappa shape index (κ3) is 27.2. The number of H-pyrrole nitrogens is 1. The van der Waals surface area contributed by atoms with E-state index in [1.54, 1.807) is 62.5 Å². The molecule has 19 N–H and O–H groups in total. The molecule has 1 aromatic heterocycles. The molecule has 11 amide bonds. The molecule has 10 unspecified atom stereocenters. The number of phenolic OH excluding ortho intramolecular Hbond substituents is 1. The second-order valence-corrected chi connectivity index (χ2v) is 25.2. The summed E-state index contributed by atoms with van der Waals surface area (Å²) in [6.07, 6.45) is 4.31. The summed E-state index contributed by atoms with van der Waals surface area (Å²) in [6, 6.07) is 8.79. The van der Waals surface area contributed by atoms with E-state index in [9.17, 15) is 48.3 Å². The molecule has 29 nitrogen and oxygen atoms in total. The van der Waals surface area contributed by atoms with Crippen molar-refractivity contribution in [2.45, 2.75) is 158 Å². The average Bonchev–Trinajstić information content (AvgIpc) is 1.76. The molecule has 97 heavy (non-hydrogen) atoms. The van der Waals surface area contributed by atoms with E-state index < -0.39 is 138 Å². The third-order valence-corrected chi connectivity index (χ3v) is 17.3. The van der Waals surface area contributed by atoms with Gasteiger partial charge in [0.15, 0.2) is 0 Å². The van der Waals surface area contributed by atoms with Crippen LogP contribution in [-0.2, 0) is 107 Å². The SMILES string of the molecule is CC(C)C1NC(=O)C(CCCCN)NC(=O)C(Cc2c[nH]c3ccccc23)NC(=O)C(Cc2ccc(O)cc2)NC(=O)C(Cc2ccccc2)N(C)C(=O)C(CCSCC(=O)NCC(N)C(=O)[N-]C(CCCCN)C(=O)[N-]C(C[S-])C(=O)NC(CCCCN)C(N)=O)NC1=O.[O]=[Tc+3]. The number of likely N-dealkylation sites (N-methyl/N-ethyl adjacent to an activating group) is 1. The summed E-state index contributed by atoms with van der Waals surface area (Å²) in [5, 5.41) is 38.2. The van der Waals surface area contributed by atoms with Crippen molar-refractivity contribution in [1.82, 2.24) is 47.1 Å². The van der Waals surface area contributed by atoms with Gasteiger partial charge in [0.1, 0.15) is 48.0 Å². The maximum atomic E-state index is 15.2. The number of fused-ring (bicyclic) bond motifs is 1. The standard InChI is InChI=1S/C65H96N16O12S2.O.Tc/c1-38(2)55-64(92)76-49(26-30-95-37-54(83)72-35-44(69)57(85)74-47(20-10-13-28-67)58(86)79-52(36-94)62(90)73-46(56(70)84)19-9-12-27-66)65(93)81(3)53(32-39-15-5-4-6-16-39)63(91)78-50(31-40-22-24-42(82)25-23-40)60(88)77-51(33-41-34-71-45-18-8-7-17-43(41)45)61(89)75-48(59(87)80-55)21-11-14-29-68;;/h4-8,15-18,22-25,34,38,44,46-53,55,71H,9-14,19-21,26-33,35-37,66-69H2,1-3H3,(H13,70,72,73,74,75,76,77,78,79,80,82,83,84,85,86,87,88,89,90,91,92,94);;/q;;+3/p-3. The van der Waals surface area contributed by atoms with Crippen molar-refractivity contribution in [2.75, 3.05) is 50.5 Å². The summed E-state index contributed by atoms with van der Waals surface area (Å²) < 4.78 is 8.22. The van der Waals surface area contributed by atoms with Crippen LogP contribution >= 0.6 is 11.8 Å². The number of primary amides is 1. The first-order chi connectivity index (χ1) is 46.5. The Labute approximate surface area is 585 Å². The number of benzene rings is 3. The molecule has 0 aliphatic carbocycles. The quantitative estimate of drug-likeness (QED) is 0.0211. The average molecular weight is 1470 g/mol. The second-order valence-electron chi connectivity index (χ2n) is 23.8. The number of thioether (sulfide) groups is 1. The molecule has 10 atom stereocenters. The fourth-order valence-electron chi connectivity index (χ4n) is 10.5. The van der Waals surface area contributed by atoms with Gasteiger partial charge in [-0.15, -0.1) is 0 Å². The zero-order valence-corrected chi connectivity index (χ0v) is 58.3. The Morgan fingerprint density at radius 2 is 1.23 bits per heavy atom. The van der Waals surface area contributed by atoms with Crippen molar-refractivity contribution in [1.29, 1.82) is 0 Å². The Morgan fingerprint density at radius 3 is 1.87 bits per heavy atom. The fourth-order valence-corrected chi connectivity index (χ4v) is 11.6. The van der Waals surface area contributed by atoms with Crippen LogP contribution in [0.2, 0.25) is 0 Å². The second kappa shape index (κ2) is 43.4. The number of aromatic nitrogens is 1. The van der Waals surface area contributed by atoms with Gasteiger partial charge in [0.2, 0.25) is 53.2 Å². The van der Waals surface area contributed by atoms with Crippen LogP contribution in [-0.4, -0.2) is 191 Å². The van der Waals surface area contributed by atoms with E-state index in [1.807, 2.05) is 24.3 Å². The Hall–Kier alpha value is -7.84. The van der Waals surface area contributed by atoms with Gasteiger partial charge in [0, 0.05) is 55.9 Å². The van der Waals surface area contributed by atoms with Gasteiger partial charge >= 0.3 is 22.4 Å². The van der Waals surface area contributed by atoms with Crippen LogP contribution in [0, 0.1) is 5.92 Å². The normalized spacial score (nSPS) is 19.4. The van der Waals surface area contributed by atoms with E-state index in [-0.39, 0.29) is 81.0 Å². The summed E-state index contributed by atoms with van der Waals surface area (Å²) in [5.41, 5.74) is 31.4. The number of rotatable bonds is 34. The molecule has 0 spiro atoms. The number of hydrogen-bond acceptors (Lipinski definition) is 19. The molecule has 0 bridgehead atoms. The molecule has 1 aliphatic rings. The Morgan fingerprint density at radius 1 is 0.660 bits per heavy atom. The molecule has 1 fully saturated rings. The van der Waals surface area contributed by atoms with Crippen molar-refractivity contribution in [3.05, 3.63) is 112 Å². The minimum atomic E-state index is -1.44. The van der Waals surface area contributed by atoms with Crippen molar-refractivity contribution >= 4 is 100 Å². The van der Waals surface area contributed by atoms with Crippen molar-refractivity contribution < 1.29 is 80.2 Å². The first-order valence-electron chi connectivity index (χ1n) is 32.2. The van der Waals surface area contributed by atoms with Crippen molar-refractivity contribution in [3.8, 4) is 5.75 Å². The zero-order valence-electron chi connectivity index (χ0n) is 54.8. The Kier molecular flexibility index (Phi) is 36.5. The van der Waals surface area contributed by atoms with E-state index in [0.29, 0.717) is 61.8 Å². The van der Waals surface area contributed by atoms with Crippen LogP contribution in [0.1, 0.15) is 94.7 Å². The predicted molar refractivity (Wildman–Crippen MR) is 365 cm³/mol. The first kappa shape index (κ1) is 81.6. The maximum absolute atomic E-state index is 15.2. The summed E-state index contributed by atoms with van der Waals surface area (Å²) in [5.74, 6) is -9.85. The molecule has 1 saturated heterocycles. The van der Waals surface area contributed by atoms with E-state index in [1.165, 1.54) is 24.1 Å². The first-order valence-corrected chi connectivity index (χ1v) is 34.7. The van der Waals surface area contributed by atoms with Gasteiger partial charge in [-0.2, -0.15) is 17.5 Å². The molecule has 2 heterocycles. The van der Waals surface area contributed by atoms with Gasteiger partial charge in [0.25, 0.3) is 0 Å². The summed E-state index contributed by atoms with van der Waals surface area (Å²) in [7, 11) is 1.38. The Balaban J connectivity index is 0.00000990. The molecule has 1 aliphatic heterocycles. The molecular weight excluding hydrogens is 1370 g/mol. The monoisotopic (exact) mass is 1470 g/mol. The third-order valence-electron chi connectivity index (χ3n) is 16.0. The van der Waals surface area contributed by atoms with Gasteiger partial charge in [0.05, 0.1) is 17.7 Å². The van der Waals surface area contributed by atoms with Crippen LogP contribution in [0.25, 0.3) is 21.5 Å². The van der Waals surface area contributed by atoms with Gasteiger partial charge in [-0.05, 0) is 118 Å². The molecule has 32 heteroatoms. The number of carbonyl (C=O) groups excluding carboxylic acids is 11. The van der Waals surface area contributed by atoms with Gasteiger partial charge in [-0.25, -0.2) is 0 Å². The number of carbonyl (C=O) groups is 11. The zero-order chi connectivity index (χ0) is 71.6. The molecule has 4 aromatic rings. The van der Waals surface area contributed by atoms with Gasteiger partial charge in [-0.1, -0.05) is 99.4 Å². The minimum absolute atomic E-state index is 0.00855. The number of aromatic hydroxyl groups is 1. The van der Waals surface area contributed by atoms with Crippen molar-refractivity contribution in [3.63, 3.8) is 0 Å². The number of nitrogens with zero attached hydrogens (tertiary/aromatic N) is 3. The number of phenols is 1. The Bertz CT molecular complexity index is 3230. The topological polar surface area (TPSA) is 487 Å². The van der Waals surface area contributed by atoms with E-state index in [0.717, 1.165) is 41.5 Å². The summed E-state index contributed by atoms with van der Waals surface area (Å²) >= 11 is 7.07. The van der Waals surface area contributed by atoms with E-state index >= 15 is 9.59 Å². The molecule has 0 radical (unpaired) electrons. The van der Waals surface area contributed by atoms with Crippen molar-refractivity contribution in [2.24, 2.45) is 34.6 Å².